The van der Waals surface area contributed by atoms with Crippen LogP contribution in [0.3, 0.4) is 0 Å². The van der Waals surface area contributed by atoms with Crippen molar-refractivity contribution in [3.8, 4) is 11.1 Å². The number of nitrogens with zero attached hydrogens (tertiary/aromatic N) is 2. The van der Waals surface area contributed by atoms with Crippen LogP contribution < -0.4 is 11.1 Å². The van der Waals surface area contributed by atoms with E-state index in [0.717, 1.165) is 16.0 Å². The number of aryl methyl sites for hydroxylation is 2. The Balaban J connectivity index is 2.15. The highest BCUT2D eigenvalue weighted by molar-refractivity contribution is 7.17. The number of nitrogens with one attached hydrogen (secondary N) is 1. The average molecular weight is 298 g/mol. The summed E-state index contributed by atoms with van der Waals surface area (Å²) in [5, 5.41) is 6.52. The van der Waals surface area contributed by atoms with E-state index in [1.165, 1.54) is 22.3 Å². The van der Waals surface area contributed by atoms with Gasteiger partial charge in [0.15, 0.2) is 0 Å². The summed E-state index contributed by atoms with van der Waals surface area (Å²) in [5.74, 6) is 0.861. The molecule has 0 atom stereocenters. The van der Waals surface area contributed by atoms with Gasteiger partial charge in [0.2, 0.25) is 0 Å². The number of fused-ring (bicyclic) bond motifs is 1. The van der Waals surface area contributed by atoms with Crippen LogP contribution >= 0.6 is 11.3 Å². The number of hydrogen-bond acceptors (Lipinski definition) is 5. The predicted octanol–water partition coefficient (Wildman–Crippen LogP) is 3.35. The summed E-state index contributed by atoms with van der Waals surface area (Å²) in [4.78, 5) is 9.74. The molecule has 4 nitrogen and oxygen atoms in total. The highest BCUT2D eigenvalue weighted by Crippen LogP contribution is 2.36. The molecule has 3 rings (SSSR count). The number of aromatic nitrogens is 2. The minimum Gasteiger partial charge on any atom is -0.368 e. The number of thiophene rings is 1. The predicted molar refractivity (Wildman–Crippen MR) is 89.9 cm³/mol. The van der Waals surface area contributed by atoms with E-state index < -0.39 is 0 Å². The maximum absolute atomic E-state index is 5.58. The van der Waals surface area contributed by atoms with Gasteiger partial charge in [-0.3, -0.25) is 0 Å². The third kappa shape index (κ3) is 2.62. The second kappa shape index (κ2) is 5.79. The summed E-state index contributed by atoms with van der Waals surface area (Å²) in [6.45, 7) is 5.54. The third-order valence-electron chi connectivity index (χ3n) is 3.62. The molecule has 0 saturated carbocycles. The van der Waals surface area contributed by atoms with Crippen LogP contribution in [0.5, 0.6) is 0 Å². The number of nitrogens with two attached hydrogens (primary N) is 1. The lowest BCUT2D eigenvalue weighted by Gasteiger charge is -2.08. The highest BCUT2D eigenvalue weighted by atomic mass is 32.1. The molecule has 0 bridgehead atoms. The Hall–Kier alpha value is -1.98. The number of hydrogen-bond donors (Lipinski definition) is 2. The number of benzene rings is 1. The van der Waals surface area contributed by atoms with Crippen molar-refractivity contribution in [1.82, 2.24) is 9.97 Å². The van der Waals surface area contributed by atoms with Crippen LogP contribution in [0.15, 0.2) is 29.9 Å². The molecule has 21 heavy (non-hydrogen) atoms. The van der Waals surface area contributed by atoms with Gasteiger partial charge in [-0.15, -0.1) is 11.3 Å². The van der Waals surface area contributed by atoms with Crippen molar-refractivity contribution in [2.45, 2.75) is 13.8 Å². The first-order chi connectivity index (χ1) is 10.2. The zero-order chi connectivity index (χ0) is 14.8. The van der Waals surface area contributed by atoms with E-state index in [2.05, 4.69) is 52.7 Å². The maximum Gasteiger partial charge on any atom is 0.138 e. The zero-order valence-corrected chi connectivity index (χ0v) is 13.0. The Kier molecular flexibility index (Phi) is 3.86. The first-order valence-corrected chi connectivity index (χ1v) is 7.82. The van der Waals surface area contributed by atoms with Crippen LogP contribution in [0.25, 0.3) is 21.3 Å². The fourth-order valence-corrected chi connectivity index (χ4v) is 3.24. The number of anilines is 1. The lowest BCUT2D eigenvalue weighted by molar-refractivity contribution is 1.01. The summed E-state index contributed by atoms with van der Waals surface area (Å²) in [6.07, 6.45) is 1.60. The Bertz CT molecular complexity index is 779. The van der Waals surface area contributed by atoms with E-state index >= 15 is 0 Å². The van der Waals surface area contributed by atoms with Crippen molar-refractivity contribution in [3.05, 3.63) is 41.0 Å². The first-order valence-electron chi connectivity index (χ1n) is 6.94. The normalized spacial score (nSPS) is 11.0. The van der Waals surface area contributed by atoms with E-state index in [9.17, 15) is 0 Å². The Labute approximate surface area is 128 Å². The fourth-order valence-electron chi connectivity index (χ4n) is 2.32. The van der Waals surface area contributed by atoms with Gasteiger partial charge in [-0.1, -0.05) is 18.2 Å². The molecular weight excluding hydrogens is 280 g/mol. The van der Waals surface area contributed by atoms with Crippen LogP contribution in [0.2, 0.25) is 0 Å². The third-order valence-corrected chi connectivity index (χ3v) is 4.51. The molecule has 0 amide bonds. The zero-order valence-electron chi connectivity index (χ0n) is 12.2. The quantitative estimate of drug-likeness (QED) is 0.775. The van der Waals surface area contributed by atoms with Gasteiger partial charge in [0.25, 0.3) is 0 Å². The fraction of sp³-hybridized carbons (Fsp3) is 0.250. The lowest BCUT2D eigenvalue weighted by Crippen LogP contribution is -2.14. The molecule has 2 heterocycles. The molecule has 2 aromatic heterocycles. The largest absolute Gasteiger partial charge is 0.368 e. The summed E-state index contributed by atoms with van der Waals surface area (Å²) in [5.41, 5.74) is 10.6. The van der Waals surface area contributed by atoms with Crippen molar-refractivity contribution >= 4 is 27.4 Å². The van der Waals surface area contributed by atoms with Crippen LogP contribution in [-0.2, 0) is 0 Å². The average Bonchev–Trinajstić information content (AvgIpc) is 2.92. The monoisotopic (exact) mass is 298 g/mol. The van der Waals surface area contributed by atoms with Gasteiger partial charge in [0.05, 0.1) is 5.39 Å². The second-order valence-corrected chi connectivity index (χ2v) is 5.92. The van der Waals surface area contributed by atoms with Gasteiger partial charge < -0.3 is 11.1 Å². The van der Waals surface area contributed by atoms with Gasteiger partial charge in [-0.2, -0.15) is 0 Å². The molecule has 1 aromatic carbocycles. The minimum atomic E-state index is 0.578. The molecule has 0 radical (unpaired) electrons. The number of rotatable bonds is 4. The van der Waals surface area contributed by atoms with Gasteiger partial charge in [0.1, 0.15) is 17.0 Å². The van der Waals surface area contributed by atoms with Gasteiger partial charge in [-0.25, -0.2) is 9.97 Å². The molecule has 0 spiro atoms. The molecule has 3 aromatic rings. The van der Waals surface area contributed by atoms with E-state index in [0.29, 0.717) is 13.1 Å². The molecule has 3 N–H and O–H groups in total. The molecule has 0 saturated heterocycles. The standard InChI is InChI=1S/C16H18N4S/c1-10-3-4-12(7-11(10)2)13-8-21-16-14(13)15(18-6-5-17)19-9-20-16/h3-4,7-9H,5-6,17H2,1-2H3,(H,18,19,20). The van der Waals surface area contributed by atoms with Gasteiger partial charge in [-0.05, 0) is 30.5 Å². The molecule has 0 aliphatic heterocycles. The molecule has 5 heteroatoms. The summed E-state index contributed by atoms with van der Waals surface area (Å²) in [7, 11) is 0. The SMILES string of the molecule is Cc1ccc(-c2csc3ncnc(NCCN)c23)cc1C. The summed E-state index contributed by atoms with van der Waals surface area (Å²) >= 11 is 1.64. The van der Waals surface area contributed by atoms with Crippen molar-refractivity contribution < 1.29 is 0 Å². The van der Waals surface area contributed by atoms with Crippen LogP contribution in [-0.4, -0.2) is 23.1 Å². The molecule has 108 valence electrons. The van der Waals surface area contributed by atoms with E-state index in [-0.39, 0.29) is 0 Å². The van der Waals surface area contributed by atoms with Crippen molar-refractivity contribution in [1.29, 1.82) is 0 Å². The Morgan fingerprint density at radius 1 is 1.19 bits per heavy atom. The summed E-state index contributed by atoms with van der Waals surface area (Å²) in [6, 6.07) is 6.53. The van der Waals surface area contributed by atoms with Crippen LogP contribution in [0.1, 0.15) is 11.1 Å². The second-order valence-electron chi connectivity index (χ2n) is 5.07. The highest BCUT2D eigenvalue weighted by Gasteiger charge is 2.13. The molecule has 0 unspecified atom stereocenters. The Morgan fingerprint density at radius 3 is 2.81 bits per heavy atom. The molecule has 0 aliphatic rings. The molecule has 0 aliphatic carbocycles. The van der Waals surface area contributed by atoms with Gasteiger partial charge >= 0.3 is 0 Å². The first kappa shape index (κ1) is 14.0. The van der Waals surface area contributed by atoms with E-state index in [1.54, 1.807) is 17.7 Å². The van der Waals surface area contributed by atoms with Crippen molar-refractivity contribution in [2.75, 3.05) is 18.4 Å². The van der Waals surface area contributed by atoms with Crippen molar-refractivity contribution in [3.63, 3.8) is 0 Å². The van der Waals surface area contributed by atoms with Gasteiger partial charge in [0, 0.05) is 24.0 Å². The van der Waals surface area contributed by atoms with E-state index in [1.807, 2.05) is 0 Å². The minimum absolute atomic E-state index is 0.578. The summed E-state index contributed by atoms with van der Waals surface area (Å²) < 4.78 is 0. The molecule has 0 fully saturated rings. The molecular formula is C16H18N4S. The topological polar surface area (TPSA) is 63.8 Å². The van der Waals surface area contributed by atoms with E-state index in [4.69, 9.17) is 5.73 Å². The van der Waals surface area contributed by atoms with Crippen LogP contribution in [0, 0.1) is 13.8 Å². The smallest absolute Gasteiger partial charge is 0.138 e. The van der Waals surface area contributed by atoms with Crippen LogP contribution in [0.4, 0.5) is 5.82 Å². The van der Waals surface area contributed by atoms with Crippen molar-refractivity contribution in [2.24, 2.45) is 5.73 Å². The Morgan fingerprint density at radius 2 is 2.05 bits per heavy atom. The lowest BCUT2D eigenvalue weighted by atomic mass is 10.0. The maximum atomic E-state index is 5.58.